The number of benzene rings is 2. The van der Waals surface area contributed by atoms with Crippen LogP contribution >= 0.6 is 0 Å². The fourth-order valence-electron chi connectivity index (χ4n) is 3.91. The van der Waals surface area contributed by atoms with Crippen molar-refractivity contribution >= 4 is 17.5 Å². The molecule has 1 aliphatic heterocycles. The lowest BCUT2D eigenvalue weighted by molar-refractivity contribution is 0.00680. The molecule has 0 atom stereocenters. The summed E-state index contributed by atoms with van der Waals surface area (Å²) in [4.78, 5) is 19.0. The van der Waals surface area contributed by atoms with Crippen molar-refractivity contribution in [1.29, 1.82) is 0 Å². The topological polar surface area (TPSA) is 51.1 Å². The van der Waals surface area contributed by atoms with Crippen molar-refractivity contribution in [2.45, 2.75) is 59.5 Å². The Balaban J connectivity index is 1.52. The van der Waals surface area contributed by atoms with Crippen molar-refractivity contribution in [2.24, 2.45) is 10.9 Å². The lowest BCUT2D eigenvalue weighted by Gasteiger charge is -2.40. The second kappa shape index (κ2) is 11.9. The number of likely N-dealkylation sites (tertiary alicyclic amines) is 1. The summed E-state index contributed by atoms with van der Waals surface area (Å²) < 4.78 is 11.4. The third-order valence-electron chi connectivity index (χ3n) is 5.78. The van der Waals surface area contributed by atoms with Crippen LogP contribution in [0, 0.1) is 5.92 Å². The van der Waals surface area contributed by atoms with Gasteiger partial charge in [-0.05, 0) is 76.8 Å². The fourth-order valence-corrected chi connectivity index (χ4v) is 3.91. The zero-order valence-electron chi connectivity index (χ0n) is 21.2. The molecule has 5 heteroatoms. The average Bonchev–Trinajstić information content (AvgIpc) is 2.78. The van der Waals surface area contributed by atoms with Crippen LogP contribution in [0.25, 0.3) is 5.70 Å². The molecule has 0 aliphatic carbocycles. The Morgan fingerprint density at radius 3 is 2.35 bits per heavy atom. The summed E-state index contributed by atoms with van der Waals surface area (Å²) in [6, 6.07) is 18.6. The molecule has 0 saturated carbocycles. The van der Waals surface area contributed by atoms with Gasteiger partial charge in [-0.15, -0.1) is 0 Å². The molecule has 3 rings (SSSR count). The van der Waals surface area contributed by atoms with E-state index in [2.05, 4.69) is 43.3 Å². The number of hydrogen-bond donors (Lipinski definition) is 0. The van der Waals surface area contributed by atoms with Crippen LogP contribution < -0.4 is 4.74 Å². The largest absolute Gasteiger partial charge is 0.494 e. The van der Waals surface area contributed by atoms with E-state index in [1.54, 1.807) is 4.90 Å². The second-order valence-electron chi connectivity index (χ2n) is 9.67. The molecule has 0 radical (unpaired) electrons. The number of rotatable bonds is 9. The highest BCUT2D eigenvalue weighted by molar-refractivity contribution is 5.93. The van der Waals surface area contributed by atoms with Gasteiger partial charge in [0.25, 0.3) is 0 Å². The lowest BCUT2D eigenvalue weighted by Crippen LogP contribution is -2.54. The van der Waals surface area contributed by atoms with Gasteiger partial charge in [-0.3, -0.25) is 4.99 Å². The van der Waals surface area contributed by atoms with E-state index in [1.807, 2.05) is 52.0 Å². The van der Waals surface area contributed by atoms with Crippen molar-refractivity contribution in [3.05, 3.63) is 71.8 Å². The van der Waals surface area contributed by atoms with Gasteiger partial charge in [0.05, 0.1) is 12.3 Å². The minimum Gasteiger partial charge on any atom is -0.494 e. The van der Waals surface area contributed by atoms with E-state index >= 15 is 0 Å². The number of aryl methyl sites for hydroxylation is 1. The summed E-state index contributed by atoms with van der Waals surface area (Å²) in [6.07, 6.45) is 4.65. The lowest BCUT2D eigenvalue weighted by atomic mass is 9.93. The monoisotopic (exact) mass is 462 g/mol. The summed E-state index contributed by atoms with van der Waals surface area (Å²) in [5, 5.41) is 0. The molecule has 1 fully saturated rings. The van der Waals surface area contributed by atoms with E-state index in [4.69, 9.17) is 14.5 Å². The number of carbonyl (C=O) groups is 1. The van der Waals surface area contributed by atoms with Crippen LogP contribution in [-0.4, -0.2) is 42.0 Å². The van der Waals surface area contributed by atoms with Crippen molar-refractivity contribution in [1.82, 2.24) is 4.90 Å². The predicted molar refractivity (Wildman–Crippen MR) is 139 cm³/mol. The zero-order chi connectivity index (χ0) is 24.6. The van der Waals surface area contributed by atoms with Crippen LogP contribution in [0.1, 0.15) is 58.6 Å². The number of nitrogens with zero attached hydrogens (tertiary/aromatic N) is 2. The van der Waals surface area contributed by atoms with E-state index in [9.17, 15) is 4.79 Å². The van der Waals surface area contributed by atoms with Gasteiger partial charge in [-0.25, -0.2) is 4.79 Å². The van der Waals surface area contributed by atoms with Gasteiger partial charge < -0.3 is 14.4 Å². The Bertz CT molecular complexity index is 982. The normalized spacial score (nSPS) is 15.1. The molecule has 0 aromatic heterocycles. The number of amides is 1. The Morgan fingerprint density at radius 1 is 1.09 bits per heavy atom. The Morgan fingerprint density at radius 2 is 1.76 bits per heavy atom. The maximum absolute atomic E-state index is 12.2. The SMILES string of the molecule is C/C=C(/N=C(CC)C1CN(C(=O)OC(C)(C)C)C1)c1ccc(OCCCc2ccccc2)cc1. The predicted octanol–water partition coefficient (Wildman–Crippen LogP) is 6.78. The van der Waals surface area contributed by atoms with Crippen LogP contribution in [0.15, 0.2) is 65.7 Å². The van der Waals surface area contributed by atoms with Crippen molar-refractivity contribution in [3.8, 4) is 5.75 Å². The third-order valence-corrected chi connectivity index (χ3v) is 5.78. The highest BCUT2D eigenvalue weighted by atomic mass is 16.6. The number of carbonyl (C=O) groups excluding carboxylic acids is 1. The molecule has 1 aliphatic rings. The summed E-state index contributed by atoms with van der Waals surface area (Å²) in [5.74, 6) is 1.15. The number of ether oxygens (including phenoxy) is 2. The minimum atomic E-state index is -0.472. The molecule has 2 aromatic rings. The standard InChI is InChI=1S/C29H38N2O3/c1-6-26(30-27(7-2)24-20-31(21-24)28(32)34-29(3,4)5)23-15-17-25(18-16-23)33-19-11-14-22-12-9-8-10-13-22/h6,8-10,12-13,15-18,24H,7,11,14,19-21H2,1-5H3/b26-6+,30-27?. The first-order chi connectivity index (χ1) is 16.3. The molecule has 0 bridgehead atoms. The third kappa shape index (κ3) is 7.47. The van der Waals surface area contributed by atoms with Gasteiger partial charge in [-0.2, -0.15) is 0 Å². The summed E-state index contributed by atoms with van der Waals surface area (Å²) >= 11 is 0. The van der Waals surface area contributed by atoms with E-state index in [1.165, 1.54) is 5.56 Å². The molecule has 182 valence electrons. The highest BCUT2D eigenvalue weighted by Crippen LogP contribution is 2.26. The Hall–Kier alpha value is -3.08. The summed E-state index contributed by atoms with van der Waals surface area (Å²) in [6.45, 7) is 11.8. The zero-order valence-corrected chi connectivity index (χ0v) is 21.2. The van der Waals surface area contributed by atoms with E-state index in [0.717, 1.165) is 42.0 Å². The minimum absolute atomic E-state index is 0.246. The van der Waals surface area contributed by atoms with Crippen molar-refractivity contribution in [2.75, 3.05) is 19.7 Å². The van der Waals surface area contributed by atoms with Gasteiger partial charge >= 0.3 is 6.09 Å². The van der Waals surface area contributed by atoms with Crippen LogP contribution in [0.2, 0.25) is 0 Å². The van der Waals surface area contributed by atoms with Gasteiger partial charge in [-0.1, -0.05) is 43.3 Å². The number of allylic oxidation sites excluding steroid dienone is 1. The smallest absolute Gasteiger partial charge is 0.410 e. The molecule has 34 heavy (non-hydrogen) atoms. The Kier molecular flexibility index (Phi) is 8.91. The van der Waals surface area contributed by atoms with Crippen LogP contribution in [-0.2, 0) is 11.2 Å². The highest BCUT2D eigenvalue weighted by Gasteiger charge is 2.36. The molecule has 0 spiro atoms. The van der Waals surface area contributed by atoms with E-state index in [-0.39, 0.29) is 12.0 Å². The Labute approximate surface area is 204 Å². The molecule has 1 saturated heterocycles. The van der Waals surface area contributed by atoms with Gasteiger partial charge in [0.15, 0.2) is 0 Å². The molecule has 1 amide bonds. The van der Waals surface area contributed by atoms with Crippen molar-refractivity contribution < 1.29 is 14.3 Å². The average molecular weight is 463 g/mol. The summed E-state index contributed by atoms with van der Waals surface area (Å²) in [7, 11) is 0. The molecule has 2 aromatic carbocycles. The van der Waals surface area contributed by atoms with E-state index in [0.29, 0.717) is 19.7 Å². The number of hydrogen-bond acceptors (Lipinski definition) is 4. The first-order valence-corrected chi connectivity index (χ1v) is 12.3. The quantitative estimate of drug-likeness (QED) is 0.305. The van der Waals surface area contributed by atoms with E-state index < -0.39 is 5.60 Å². The van der Waals surface area contributed by atoms with Gasteiger partial charge in [0.1, 0.15) is 11.4 Å². The number of aliphatic imine (C=N–C) groups is 1. The van der Waals surface area contributed by atoms with Gasteiger partial charge in [0.2, 0.25) is 0 Å². The van der Waals surface area contributed by atoms with Crippen LogP contribution in [0.3, 0.4) is 0 Å². The maximum atomic E-state index is 12.2. The van der Waals surface area contributed by atoms with Crippen molar-refractivity contribution in [3.63, 3.8) is 0 Å². The molecule has 0 unspecified atom stereocenters. The molecular weight excluding hydrogens is 424 g/mol. The fraction of sp³-hybridized carbons (Fsp3) is 0.448. The first kappa shape index (κ1) is 25.5. The first-order valence-electron chi connectivity index (χ1n) is 12.3. The van der Waals surface area contributed by atoms with Crippen LogP contribution in [0.5, 0.6) is 5.75 Å². The van der Waals surface area contributed by atoms with Gasteiger partial charge in [0, 0.05) is 30.3 Å². The second-order valence-corrected chi connectivity index (χ2v) is 9.67. The maximum Gasteiger partial charge on any atom is 0.410 e. The molecule has 1 heterocycles. The summed E-state index contributed by atoms with van der Waals surface area (Å²) in [5.41, 5.74) is 4.00. The van der Waals surface area contributed by atoms with Crippen LogP contribution in [0.4, 0.5) is 4.79 Å². The molecular formula is C29H38N2O3. The molecule has 5 nitrogen and oxygen atoms in total. The molecule has 0 N–H and O–H groups in total.